The van der Waals surface area contributed by atoms with Gasteiger partial charge in [-0.2, -0.15) is 11.3 Å². The molecular weight excluding hydrogens is 184 g/mol. The summed E-state index contributed by atoms with van der Waals surface area (Å²) in [6.07, 6.45) is 0.212. The van der Waals surface area contributed by atoms with E-state index in [1.807, 2.05) is 25.3 Å². The second kappa shape index (κ2) is 5.37. The fourth-order valence-electron chi connectivity index (χ4n) is 1.19. The molecule has 1 rings (SSSR count). The third-order valence-corrected chi connectivity index (χ3v) is 2.73. The van der Waals surface area contributed by atoms with Gasteiger partial charge in [0.1, 0.15) is 0 Å². The third kappa shape index (κ3) is 3.46. The van der Waals surface area contributed by atoms with Crippen LogP contribution < -0.4 is 0 Å². The highest BCUT2D eigenvalue weighted by atomic mass is 32.1. The van der Waals surface area contributed by atoms with Gasteiger partial charge in [0.25, 0.3) is 0 Å². The van der Waals surface area contributed by atoms with Crippen molar-refractivity contribution in [1.29, 1.82) is 0 Å². The summed E-state index contributed by atoms with van der Waals surface area (Å²) in [6, 6.07) is 2.03. The van der Waals surface area contributed by atoms with Crippen LogP contribution in [-0.2, 0) is 11.2 Å². The van der Waals surface area contributed by atoms with Crippen LogP contribution in [0.1, 0.15) is 19.4 Å². The Morgan fingerprint density at radius 1 is 1.62 bits per heavy atom. The molecule has 0 fully saturated rings. The average molecular weight is 200 g/mol. The van der Waals surface area contributed by atoms with Gasteiger partial charge in [0, 0.05) is 13.0 Å². The molecule has 2 nitrogen and oxygen atoms in total. The zero-order valence-electron chi connectivity index (χ0n) is 8.06. The van der Waals surface area contributed by atoms with E-state index in [-0.39, 0.29) is 6.10 Å². The molecule has 2 unspecified atom stereocenters. The first kappa shape index (κ1) is 10.7. The molecule has 0 amide bonds. The minimum atomic E-state index is -0.394. The zero-order chi connectivity index (χ0) is 9.68. The van der Waals surface area contributed by atoms with Gasteiger partial charge in [0.15, 0.2) is 0 Å². The summed E-state index contributed by atoms with van der Waals surface area (Å²) < 4.78 is 5.31. The molecule has 0 spiro atoms. The third-order valence-electron chi connectivity index (χ3n) is 2.00. The van der Waals surface area contributed by atoms with E-state index >= 15 is 0 Å². The van der Waals surface area contributed by atoms with Crippen molar-refractivity contribution in [3.8, 4) is 0 Å². The predicted molar refractivity (Wildman–Crippen MR) is 55.1 cm³/mol. The SMILES string of the molecule is CCOC(C)C(O)Cc1ccsc1. The van der Waals surface area contributed by atoms with Gasteiger partial charge in [-0.1, -0.05) is 0 Å². The van der Waals surface area contributed by atoms with Crippen molar-refractivity contribution in [2.45, 2.75) is 32.5 Å². The summed E-state index contributed by atoms with van der Waals surface area (Å²) in [5.74, 6) is 0. The Bertz CT molecular complexity index is 221. The topological polar surface area (TPSA) is 29.5 Å². The van der Waals surface area contributed by atoms with Crippen LogP contribution in [-0.4, -0.2) is 23.9 Å². The fraction of sp³-hybridized carbons (Fsp3) is 0.600. The molecular formula is C10H16O2S. The monoisotopic (exact) mass is 200 g/mol. The van der Waals surface area contributed by atoms with Crippen molar-refractivity contribution in [2.75, 3.05) is 6.61 Å². The van der Waals surface area contributed by atoms with Crippen LogP contribution in [0.4, 0.5) is 0 Å². The van der Waals surface area contributed by atoms with Crippen LogP contribution in [0.3, 0.4) is 0 Å². The van der Waals surface area contributed by atoms with Crippen molar-refractivity contribution in [3.05, 3.63) is 22.4 Å². The van der Waals surface area contributed by atoms with Gasteiger partial charge < -0.3 is 9.84 Å². The fourth-order valence-corrected chi connectivity index (χ4v) is 1.87. The quantitative estimate of drug-likeness (QED) is 0.788. The van der Waals surface area contributed by atoms with Crippen LogP contribution >= 0.6 is 11.3 Å². The number of aliphatic hydroxyl groups excluding tert-OH is 1. The molecule has 1 aromatic rings. The molecule has 0 saturated heterocycles. The number of aliphatic hydroxyl groups is 1. The second-order valence-corrected chi connectivity index (χ2v) is 3.84. The standard InChI is InChI=1S/C10H16O2S/c1-3-12-8(2)10(11)6-9-4-5-13-7-9/h4-5,7-8,10-11H,3,6H2,1-2H3. The lowest BCUT2D eigenvalue weighted by Gasteiger charge is -2.17. The van der Waals surface area contributed by atoms with Gasteiger partial charge in [-0.3, -0.25) is 0 Å². The van der Waals surface area contributed by atoms with E-state index in [1.165, 1.54) is 5.56 Å². The number of hydrogen-bond donors (Lipinski definition) is 1. The summed E-state index contributed by atoms with van der Waals surface area (Å²) in [6.45, 7) is 4.50. The number of rotatable bonds is 5. The molecule has 13 heavy (non-hydrogen) atoms. The highest BCUT2D eigenvalue weighted by molar-refractivity contribution is 7.07. The molecule has 0 aliphatic heterocycles. The molecule has 1 aromatic heterocycles. The lowest BCUT2D eigenvalue weighted by atomic mass is 10.1. The van der Waals surface area contributed by atoms with E-state index in [4.69, 9.17) is 4.74 Å². The van der Waals surface area contributed by atoms with Gasteiger partial charge >= 0.3 is 0 Å². The average Bonchev–Trinajstić information content (AvgIpc) is 2.57. The molecule has 0 radical (unpaired) electrons. The summed E-state index contributed by atoms with van der Waals surface area (Å²) in [7, 11) is 0. The molecule has 1 heterocycles. The highest BCUT2D eigenvalue weighted by Gasteiger charge is 2.14. The number of ether oxygens (including phenoxy) is 1. The Balaban J connectivity index is 2.36. The van der Waals surface area contributed by atoms with E-state index in [1.54, 1.807) is 11.3 Å². The van der Waals surface area contributed by atoms with Crippen LogP contribution in [0.5, 0.6) is 0 Å². The molecule has 0 aromatic carbocycles. The maximum atomic E-state index is 9.70. The Kier molecular flexibility index (Phi) is 4.42. The predicted octanol–water partition coefficient (Wildman–Crippen LogP) is 2.08. The van der Waals surface area contributed by atoms with Gasteiger partial charge in [-0.25, -0.2) is 0 Å². The van der Waals surface area contributed by atoms with Crippen molar-refractivity contribution in [1.82, 2.24) is 0 Å². The van der Waals surface area contributed by atoms with E-state index in [0.29, 0.717) is 13.0 Å². The molecule has 0 aliphatic rings. The molecule has 0 aliphatic carbocycles. The Morgan fingerprint density at radius 3 is 2.92 bits per heavy atom. The van der Waals surface area contributed by atoms with E-state index in [0.717, 1.165) is 0 Å². The Labute approximate surface area is 83.2 Å². The number of hydrogen-bond acceptors (Lipinski definition) is 3. The maximum absolute atomic E-state index is 9.70. The van der Waals surface area contributed by atoms with Gasteiger partial charge in [0.2, 0.25) is 0 Å². The maximum Gasteiger partial charge on any atom is 0.0839 e. The summed E-state index contributed by atoms with van der Waals surface area (Å²) in [5, 5.41) is 13.8. The zero-order valence-corrected chi connectivity index (χ0v) is 8.88. The molecule has 0 saturated carbocycles. The normalized spacial score (nSPS) is 15.6. The Hall–Kier alpha value is -0.380. The molecule has 2 atom stereocenters. The second-order valence-electron chi connectivity index (χ2n) is 3.06. The first-order chi connectivity index (χ1) is 6.24. The minimum absolute atomic E-state index is 0.0788. The van der Waals surface area contributed by atoms with Crippen molar-refractivity contribution >= 4 is 11.3 Å². The molecule has 0 bridgehead atoms. The van der Waals surface area contributed by atoms with Gasteiger partial charge in [-0.05, 0) is 36.2 Å². The lowest BCUT2D eigenvalue weighted by molar-refractivity contribution is -0.0207. The first-order valence-corrected chi connectivity index (χ1v) is 5.49. The number of thiophene rings is 1. The summed E-state index contributed by atoms with van der Waals surface area (Å²) in [4.78, 5) is 0. The van der Waals surface area contributed by atoms with E-state index in [9.17, 15) is 5.11 Å². The van der Waals surface area contributed by atoms with Crippen LogP contribution in [0.15, 0.2) is 16.8 Å². The van der Waals surface area contributed by atoms with Gasteiger partial charge in [-0.15, -0.1) is 0 Å². The summed E-state index contributed by atoms with van der Waals surface area (Å²) in [5.41, 5.74) is 1.18. The van der Waals surface area contributed by atoms with Crippen molar-refractivity contribution in [2.24, 2.45) is 0 Å². The molecule has 1 N–H and O–H groups in total. The van der Waals surface area contributed by atoms with Crippen molar-refractivity contribution in [3.63, 3.8) is 0 Å². The van der Waals surface area contributed by atoms with E-state index < -0.39 is 6.10 Å². The Morgan fingerprint density at radius 2 is 2.38 bits per heavy atom. The first-order valence-electron chi connectivity index (χ1n) is 4.54. The van der Waals surface area contributed by atoms with Crippen LogP contribution in [0.2, 0.25) is 0 Å². The minimum Gasteiger partial charge on any atom is -0.390 e. The lowest BCUT2D eigenvalue weighted by Crippen LogP contribution is -2.27. The van der Waals surface area contributed by atoms with Crippen LogP contribution in [0.25, 0.3) is 0 Å². The highest BCUT2D eigenvalue weighted by Crippen LogP contribution is 2.11. The summed E-state index contributed by atoms with van der Waals surface area (Å²) >= 11 is 1.65. The molecule has 3 heteroatoms. The van der Waals surface area contributed by atoms with Gasteiger partial charge in [0.05, 0.1) is 12.2 Å². The van der Waals surface area contributed by atoms with Crippen molar-refractivity contribution < 1.29 is 9.84 Å². The largest absolute Gasteiger partial charge is 0.390 e. The molecule has 74 valence electrons. The smallest absolute Gasteiger partial charge is 0.0839 e. The van der Waals surface area contributed by atoms with Crippen LogP contribution in [0, 0.1) is 0 Å². The van der Waals surface area contributed by atoms with E-state index in [2.05, 4.69) is 5.38 Å².